The first-order valence-corrected chi connectivity index (χ1v) is 6.18. The van der Waals surface area contributed by atoms with Crippen LogP contribution in [0.4, 0.5) is 0 Å². The Morgan fingerprint density at radius 3 is 2.05 bits per heavy atom. The molecule has 2 rings (SSSR count). The van der Waals surface area contributed by atoms with Crippen molar-refractivity contribution in [3.63, 3.8) is 0 Å². The standard InChI is InChI=1S/C14H15NO4/c1-3-8(2)11(14(18)19)15-12(16)9-6-4-5-7-10(9)13(15)17/h4-8,11H,3H2,1-2H3,(H,18,19)/t8-,11-/m0/s1. The Balaban J connectivity index is 2.45. The van der Waals surface area contributed by atoms with Gasteiger partial charge in [0.15, 0.2) is 0 Å². The van der Waals surface area contributed by atoms with Gasteiger partial charge in [-0.3, -0.25) is 14.5 Å². The molecule has 5 heteroatoms. The molecule has 1 heterocycles. The average Bonchev–Trinajstić information content (AvgIpc) is 2.64. The quantitative estimate of drug-likeness (QED) is 0.838. The summed E-state index contributed by atoms with van der Waals surface area (Å²) in [4.78, 5) is 36.7. The molecule has 0 fully saturated rings. The molecule has 1 aromatic rings. The Kier molecular flexibility index (Phi) is 3.38. The maximum Gasteiger partial charge on any atom is 0.327 e. The summed E-state index contributed by atoms with van der Waals surface area (Å²) in [5, 5.41) is 9.30. The van der Waals surface area contributed by atoms with Crippen molar-refractivity contribution < 1.29 is 19.5 Å². The van der Waals surface area contributed by atoms with E-state index in [1.54, 1.807) is 31.2 Å². The van der Waals surface area contributed by atoms with E-state index in [0.29, 0.717) is 6.42 Å². The predicted octanol–water partition coefficient (Wildman–Crippen LogP) is 1.78. The Labute approximate surface area is 110 Å². The van der Waals surface area contributed by atoms with Gasteiger partial charge in [0.05, 0.1) is 11.1 Å². The molecule has 0 aliphatic carbocycles. The molecule has 5 nitrogen and oxygen atoms in total. The lowest BCUT2D eigenvalue weighted by Gasteiger charge is -2.27. The van der Waals surface area contributed by atoms with E-state index in [9.17, 15) is 19.5 Å². The van der Waals surface area contributed by atoms with Crippen molar-refractivity contribution in [1.29, 1.82) is 0 Å². The maximum absolute atomic E-state index is 12.2. The second-order valence-corrected chi connectivity index (χ2v) is 4.69. The van der Waals surface area contributed by atoms with E-state index in [1.807, 2.05) is 6.92 Å². The number of fused-ring (bicyclic) bond motifs is 1. The van der Waals surface area contributed by atoms with Gasteiger partial charge in [0.1, 0.15) is 6.04 Å². The van der Waals surface area contributed by atoms with Crippen molar-refractivity contribution in [2.75, 3.05) is 0 Å². The summed E-state index contributed by atoms with van der Waals surface area (Å²) in [6, 6.07) is 5.30. The molecule has 2 amide bonds. The highest BCUT2D eigenvalue weighted by atomic mass is 16.4. The molecule has 19 heavy (non-hydrogen) atoms. The van der Waals surface area contributed by atoms with Crippen LogP contribution in [-0.2, 0) is 4.79 Å². The first kappa shape index (κ1) is 13.3. The largest absolute Gasteiger partial charge is 0.480 e. The lowest BCUT2D eigenvalue weighted by molar-refractivity contribution is -0.143. The van der Waals surface area contributed by atoms with E-state index >= 15 is 0 Å². The van der Waals surface area contributed by atoms with E-state index in [4.69, 9.17) is 0 Å². The van der Waals surface area contributed by atoms with Crippen molar-refractivity contribution in [1.82, 2.24) is 4.90 Å². The summed E-state index contributed by atoms with van der Waals surface area (Å²) < 4.78 is 0. The SMILES string of the molecule is CC[C@H](C)[C@@H](C(=O)O)N1C(=O)c2ccccc2C1=O. The van der Waals surface area contributed by atoms with Crippen LogP contribution in [0.5, 0.6) is 0 Å². The Hall–Kier alpha value is -2.17. The van der Waals surface area contributed by atoms with Crippen molar-refractivity contribution in [3.8, 4) is 0 Å². The lowest BCUT2D eigenvalue weighted by atomic mass is 9.98. The minimum Gasteiger partial charge on any atom is -0.480 e. The van der Waals surface area contributed by atoms with E-state index in [0.717, 1.165) is 4.90 Å². The second kappa shape index (κ2) is 4.84. The molecular formula is C14H15NO4. The number of hydrogen-bond acceptors (Lipinski definition) is 3. The number of rotatable bonds is 4. The minimum absolute atomic E-state index is 0.280. The number of carboxylic acids is 1. The van der Waals surface area contributed by atoms with Crippen molar-refractivity contribution in [3.05, 3.63) is 35.4 Å². The van der Waals surface area contributed by atoms with Crippen LogP contribution in [0.25, 0.3) is 0 Å². The number of nitrogens with zero attached hydrogens (tertiary/aromatic N) is 1. The molecule has 0 saturated heterocycles. The van der Waals surface area contributed by atoms with E-state index < -0.39 is 23.8 Å². The smallest absolute Gasteiger partial charge is 0.327 e. The van der Waals surface area contributed by atoms with Crippen LogP contribution >= 0.6 is 0 Å². The van der Waals surface area contributed by atoms with Crippen molar-refractivity contribution in [2.24, 2.45) is 5.92 Å². The summed E-state index contributed by atoms with van der Waals surface area (Å²) in [6.07, 6.45) is 0.574. The number of aliphatic carboxylic acids is 1. The first-order chi connectivity index (χ1) is 8.99. The zero-order chi connectivity index (χ0) is 14.2. The van der Waals surface area contributed by atoms with Crippen LogP contribution in [-0.4, -0.2) is 33.8 Å². The fourth-order valence-corrected chi connectivity index (χ4v) is 2.29. The van der Waals surface area contributed by atoms with Crippen LogP contribution in [0.3, 0.4) is 0 Å². The number of amides is 2. The molecule has 1 aliphatic rings. The fraction of sp³-hybridized carbons (Fsp3) is 0.357. The van der Waals surface area contributed by atoms with Gasteiger partial charge in [-0.2, -0.15) is 0 Å². The third kappa shape index (κ3) is 2.01. The molecule has 2 atom stereocenters. The second-order valence-electron chi connectivity index (χ2n) is 4.69. The number of carbonyl (C=O) groups excluding carboxylic acids is 2. The molecule has 0 spiro atoms. The normalized spacial score (nSPS) is 17.3. The van der Waals surface area contributed by atoms with E-state index in [-0.39, 0.29) is 17.0 Å². The summed E-state index contributed by atoms with van der Waals surface area (Å²) in [6.45, 7) is 3.56. The maximum atomic E-state index is 12.2. The van der Waals surface area contributed by atoms with Gasteiger partial charge in [0, 0.05) is 0 Å². The highest BCUT2D eigenvalue weighted by molar-refractivity contribution is 6.22. The molecular weight excluding hydrogens is 246 g/mol. The summed E-state index contributed by atoms with van der Waals surface area (Å²) >= 11 is 0. The molecule has 0 aromatic heterocycles. The number of carbonyl (C=O) groups is 3. The van der Waals surface area contributed by atoms with Crippen LogP contribution in [0.1, 0.15) is 41.0 Å². The monoisotopic (exact) mass is 261 g/mol. The molecule has 1 aliphatic heterocycles. The van der Waals surface area contributed by atoms with Gasteiger partial charge in [-0.25, -0.2) is 4.79 Å². The Bertz CT molecular complexity index is 517. The fourth-order valence-electron chi connectivity index (χ4n) is 2.29. The molecule has 100 valence electrons. The van der Waals surface area contributed by atoms with Gasteiger partial charge in [0.2, 0.25) is 0 Å². The molecule has 0 unspecified atom stereocenters. The predicted molar refractivity (Wildman–Crippen MR) is 67.8 cm³/mol. The Morgan fingerprint density at radius 2 is 1.68 bits per heavy atom. The lowest BCUT2D eigenvalue weighted by Crippen LogP contribution is -2.48. The van der Waals surface area contributed by atoms with Crippen molar-refractivity contribution >= 4 is 17.8 Å². The van der Waals surface area contributed by atoms with Gasteiger partial charge in [-0.1, -0.05) is 32.4 Å². The number of benzene rings is 1. The third-order valence-corrected chi connectivity index (χ3v) is 3.54. The molecule has 0 saturated carbocycles. The van der Waals surface area contributed by atoms with Gasteiger partial charge in [-0.05, 0) is 18.1 Å². The minimum atomic E-state index is -1.15. The average molecular weight is 261 g/mol. The van der Waals surface area contributed by atoms with E-state index in [2.05, 4.69) is 0 Å². The van der Waals surface area contributed by atoms with Gasteiger partial charge >= 0.3 is 5.97 Å². The topological polar surface area (TPSA) is 74.7 Å². The van der Waals surface area contributed by atoms with Crippen LogP contribution in [0.2, 0.25) is 0 Å². The Morgan fingerprint density at radius 1 is 1.21 bits per heavy atom. The summed E-state index contributed by atoms with van der Waals surface area (Å²) in [7, 11) is 0. The van der Waals surface area contributed by atoms with Gasteiger partial charge in [0.25, 0.3) is 11.8 Å². The van der Waals surface area contributed by atoms with Gasteiger partial charge in [-0.15, -0.1) is 0 Å². The first-order valence-electron chi connectivity index (χ1n) is 6.18. The van der Waals surface area contributed by atoms with Crippen molar-refractivity contribution in [2.45, 2.75) is 26.3 Å². The zero-order valence-electron chi connectivity index (χ0n) is 10.8. The molecule has 1 N–H and O–H groups in total. The summed E-state index contributed by atoms with van der Waals surface area (Å²) in [5.41, 5.74) is 0.559. The van der Waals surface area contributed by atoms with E-state index in [1.165, 1.54) is 0 Å². The summed E-state index contributed by atoms with van der Waals surface area (Å²) in [5.74, 6) is -2.48. The number of carboxylic acid groups (broad SMARTS) is 1. The molecule has 0 bridgehead atoms. The highest BCUT2D eigenvalue weighted by Crippen LogP contribution is 2.28. The molecule has 1 aromatic carbocycles. The highest BCUT2D eigenvalue weighted by Gasteiger charge is 2.44. The molecule has 0 radical (unpaired) electrons. The van der Waals surface area contributed by atoms with Crippen LogP contribution in [0, 0.1) is 5.92 Å². The van der Waals surface area contributed by atoms with Crippen LogP contribution in [0.15, 0.2) is 24.3 Å². The number of imide groups is 1. The van der Waals surface area contributed by atoms with Crippen LogP contribution < -0.4 is 0 Å². The zero-order valence-corrected chi connectivity index (χ0v) is 10.8. The van der Waals surface area contributed by atoms with Gasteiger partial charge < -0.3 is 5.11 Å². The number of hydrogen-bond donors (Lipinski definition) is 1. The third-order valence-electron chi connectivity index (χ3n) is 3.54.